The molecule has 0 saturated heterocycles. The van der Waals surface area contributed by atoms with Crippen molar-refractivity contribution in [1.29, 1.82) is 0 Å². The molecule has 1 atom stereocenters. The van der Waals surface area contributed by atoms with Crippen LogP contribution >= 0.6 is 0 Å². The fourth-order valence-corrected chi connectivity index (χ4v) is 2.24. The average Bonchev–Trinajstić information content (AvgIpc) is 2.40. The van der Waals surface area contributed by atoms with Crippen LogP contribution in [0.2, 0.25) is 0 Å². The molecule has 0 aromatic heterocycles. The van der Waals surface area contributed by atoms with Crippen LogP contribution in [-0.2, 0) is 0 Å². The Morgan fingerprint density at radius 2 is 1.78 bits per heavy atom. The molecule has 0 heterocycles. The number of para-hydroxylation sites is 1. The van der Waals surface area contributed by atoms with E-state index in [4.69, 9.17) is 5.73 Å². The fourth-order valence-electron chi connectivity index (χ4n) is 2.24. The molecular weight excluding hydrogens is 220 g/mol. The van der Waals surface area contributed by atoms with Crippen LogP contribution in [0, 0.1) is 6.92 Å². The summed E-state index contributed by atoms with van der Waals surface area (Å²) < 4.78 is 0. The summed E-state index contributed by atoms with van der Waals surface area (Å²) in [4.78, 5) is 2.23. The predicted octanol–water partition coefficient (Wildman–Crippen LogP) is 3.13. The van der Waals surface area contributed by atoms with Crippen LogP contribution in [0.5, 0.6) is 0 Å². The molecule has 0 aliphatic carbocycles. The van der Waals surface area contributed by atoms with E-state index >= 15 is 0 Å². The standard InChI is InChI=1S/C16H20N2/c1-13-7-6-8-14(11-13)16(12-17)18(2)15-9-4-3-5-10-15/h3-11,16H,12,17H2,1-2H3. The summed E-state index contributed by atoms with van der Waals surface area (Å²) in [6.07, 6.45) is 0. The molecule has 0 fully saturated rings. The molecule has 0 spiro atoms. The number of nitrogens with two attached hydrogens (primary N) is 1. The number of nitrogens with zero attached hydrogens (tertiary/aromatic N) is 1. The minimum absolute atomic E-state index is 0.215. The molecule has 0 saturated carbocycles. The van der Waals surface area contributed by atoms with Crippen LogP contribution in [-0.4, -0.2) is 13.6 Å². The van der Waals surface area contributed by atoms with E-state index in [2.05, 4.69) is 67.4 Å². The Kier molecular flexibility index (Phi) is 4.00. The normalized spacial score (nSPS) is 12.2. The smallest absolute Gasteiger partial charge is 0.0661 e. The van der Waals surface area contributed by atoms with Gasteiger partial charge in [0.1, 0.15) is 0 Å². The molecule has 18 heavy (non-hydrogen) atoms. The number of benzene rings is 2. The van der Waals surface area contributed by atoms with Crippen molar-refractivity contribution >= 4 is 5.69 Å². The Morgan fingerprint density at radius 1 is 1.06 bits per heavy atom. The molecule has 94 valence electrons. The minimum Gasteiger partial charge on any atom is -0.366 e. The number of anilines is 1. The van der Waals surface area contributed by atoms with Crippen molar-refractivity contribution < 1.29 is 0 Å². The first kappa shape index (κ1) is 12.7. The molecule has 2 nitrogen and oxygen atoms in total. The Balaban J connectivity index is 2.29. The van der Waals surface area contributed by atoms with E-state index in [1.807, 2.05) is 6.07 Å². The van der Waals surface area contributed by atoms with Gasteiger partial charge >= 0.3 is 0 Å². The van der Waals surface area contributed by atoms with Gasteiger partial charge in [-0.25, -0.2) is 0 Å². The average molecular weight is 240 g/mol. The zero-order valence-electron chi connectivity index (χ0n) is 11.0. The van der Waals surface area contributed by atoms with E-state index in [0.29, 0.717) is 6.54 Å². The molecule has 0 aliphatic rings. The molecule has 2 rings (SSSR count). The van der Waals surface area contributed by atoms with Crippen LogP contribution in [0.15, 0.2) is 54.6 Å². The maximum absolute atomic E-state index is 5.95. The Morgan fingerprint density at radius 3 is 2.39 bits per heavy atom. The number of aryl methyl sites for hydroxylation is 1. The van der Waals surface area contributed by atoms with Crippen molar-refractivity contribution in [2.24, 2.45) is 5.73 Å². The predicted molar refractivity (Wildman–Crippen MR) is 77.8 cm³/mol. The third-order valence-corrected chi connectivity index (χ3v) is 3.28. The summed E-state index contributed by atoms with van der Waals surface area (Å²) in [6, 6.07) is 19.1. The minimum atomic E-state index is 0.215. The van der Waals surface area contributed by atoms with Crippen LogP contribution < -0.4 is 10.6 Å². The second kappa shape index (κ2) is 5.69. The summed E-state index contributed by atoms with van der Waals surface area (Å²) >= 11 is 0. The Bertz CT molecular complexity index is 493. The molecule has 0 aliphatic heterocycles. The molecule has 0 bridgehead atoms. The zero-order valence-corrected chi connectivity index (χ0v) is 11.0. The number of likely N-dealkylation sites (N-methyl/N-ethyl adjacent to an activating group) is 1. The van der Waals surface area contributed by atoms with Crippen LogP contribution in [0.1, 0.15) is 17.2 Å². The van der Waals surface area contributed by atoms with Gasteiger partial charge in [0.05, 0.1) is 6.04 Å². The van der Waals surface area contributed by atoms with E-state index in [-0.39, 0.29) is 6.04 Å². The first-order chi connectivity index (χ1) is 8.72. The largest absolute Gasteiger partial charge is 0.366 e. The summed E-state index contributed by atoms with van der Waals surface area (Å²) in [6.45, 7) is 2.72. The van der Waals surface area contributed by atoms with E-state index in [9.17, 15) is 0 Å². The van der Waals surface area contributed by atoms with E-state index < -0.39 is 0 Å². The van der Waals surface area contributed by atoms with Gasteiger partial charge in [-0.3, -0.25) is 0 Å². The van der Waals surface area contributed by atoms with Gasteiger partial charge in [0.15, 0.2) is 0 Å². The lowest BCUT2D eigenvalue weighted by Crippen LogP contribution is -2.30. The number of rotatable bonds is 4. The Labute approximate surface area is 109 Å². The lowest BCUT2D eigenvalue weighted by atomic mass is 10.0. The highest BCUT2D eigenvalue weighted by molar-refractivity contribution is 5.48. The van der Waals surface area contributed by atoms with Crippen LogP contribution in [0.4, 0.5) is 5.69 Å². The third kappa shape index (κ3) is 2.71. The first-order valence-corrected chi connectivity index (χ1v) is 6.27. The molecule has 2 aromatic rings. The molecule has 2 aromatic carbocycles. The summed E-state index contributed by atoms with van der Waals surface area (Å²) in [5, 5.41) is 0. The highest BCUT2D eigenvalue weighted by Gasteiger charge is 2.15. The SMILES string of the molecule is Cc1cccc(C(CN)N(C)c2ccccc2)c1. The zero-order chi connectivity index (χ0) is 13.0. The van der Waals surface area contributed by atoms with Crippen molar-refractivity contribution in [2.45, 2.75) is 13.0 Å². The Hall–Kier alpha value is -1.80. The summed E-state index contributed by atoms with van der Waals surface area (Å²) in [5.41, 5.74) is 9.68. The quantitative estimate of drug-likeness (QED) is 0.889. The van der Waals surface area contributed by atoms with E-state index in [1.165, 1.54) is 16.8 Å². The lowest BCUT2D eigenvalue weighted by molar-refractivity contribution is 0.680. The monoisotopic (exact) mass is 240 g/mol. The van der Waals surface area contributed by atoms with Gasteiger partial charge in [-0.2, -0.15) is 0 Å². The van der Waals surface area contributed by atoms with Crippen molar-refractivity contribution in [3.63, 3.8) is 0 Å². The summed E-state index contributed by atoms with van der Waals surface area (Å²) in [7, 11) is 2.09. The van der Waals surface area contributed by atoms with Gasteiger partial charge in [0.2, 0.25) is 0 Å². The number of hydrogen-bond donors (Lipinski definition) is 1. The van der Waals surface area contributed by atoms with Gasteiger partial charge in [-0.15, -0.1) is 0 Å². The van der Waals surface area contributed by atoms with Crippen LogP contribution in [0.3, 0.4) is 0 Å². The first-order valence-electron chi connectivity index (χ1n) is 6.27. The highest BCUT2D eigenvalue weighted by Crippen LogP contribution is 2.24. The van der Waals surface area contributed by atoms with Crippen molar-refractivity contribution in [2.75, 3.05) is 18.5 Å². The third-order valence-electron chi connectivity index (χ3n) is 3.28. The fraction of sp³-hybridized carbons (Fsp3) is 0.250. The topological polar surface area (TPSA) is 29.3 Å². The second-order valence-corrected chi connectivity index (χ2v) is 4.61. The molecule has 0 radical (unpaired) electrons. The number of hydrogen-bond acceptors (Lipinski definition) is 2. The van der Waals surface area contributed by atoms with Gasteiger partial charge in [-0.1, -0.05) is 48.0 Å². The van der Waals surface area contributed by atoms with Gasteiger partial charge in [0.25, 0.3) is 0 Å². The van der Waals surface area contributed by atoms with Gasteiger partial charge in [-0.05, 0) is 24.6 Å². The molecule has 0 amide bonds. The molecule has 1 unspecified atom stereocenters. The molecule has 2 N–H and O–H groups in total. The molecular formula is C16H20N2. The van der Waals surface area contributed by atoms with E-state index in [1.54, 1.807) is 0 Å². The van der Waals surface area contributed by atoms with Crippen LogP contribution in [0.25, 0.3) is 0 Å². The highest BCUT2D eigenvalue weighted by atomic mass is 15.1. The van der Waals surface area contributed by atoms with Crippen molar-refractivity contribution in [3.8, 4) is 0 Å². The van der Waals surface area contributed by atoms with Crippen molar-refractivity contribution in [3.05, 3.63) is 65.7 Å². The van der Waals surface area contributed by atoms with Crippen molar-refractivity contribution in [1.82, 2.24) is 0 Å². The lowest BCUT2D eigenvalue weighted by Gasteiger charge is -2.29. The molecule has 2 heteroatoms. The van der Waals surface area contributed by atoms with Gasteiger partial charge < -0.3 is 10.6 Å². The van der Waals surface area contributed by atoms with E-state index in [0.717, 1.165) is 0 Å². The van der Waals surface area contributed by atoms with Gasteiger partial charge in [0, 0.05) is 19.3 Å². The summed E-state index contributed by atoms with van der Waals surface area (Å²) in [5.74, 6) is 0. The second-order valence-electron chi connectivity index (χ2n) is 4.61. The maximum Gasteiger partial charge on any atom is 0.0661 e. The maximum atomic E-state index is 5.95.